The molecule has 0 aliphatic carbocycles. The van der Waals surface area contributed by atoms with Crippen molar-refractivity contribution in [3.63, 3.8) is 0 Å². The summed E-state index contributed by atoms with van der Waals surface area (Å²) >= 11 is 0. The molecule has 1 aromatic rings. The zero-order valence-corrected chi connectivity index (χ0v) is 9.72. The molecule has 1 aliphatic rings. The maximum Gasteiger partial charge on any atom is 0.228 e. The van der Waals surface area contributed by atoms with E-state index in [2.05, 4.69) is 22.0 Å². The van der Waals surface area contributed by atoms with E-state index in [1.54, 1.807) is 0 Å². The lowest BCUT2D eigenvalue weighted by Crippen LogP contribution is -2.31. The van der Waals surface area contributed by atoms with Crippen LogP contribution >= 0.6 is 0 Å². The molecule has 5 heteroatoms. The molecule has 1 N–H and O–H groups in total. The van der Waals surface area contributed by atoms with E-state index in [4.69, 9.17) is 9.63 Å². The maximum absolute atomic E-state index is 8.76. The van der Waals surface area contributed by atoms with Crippen molar-refractivity contribution < 1.29 is 9.63 Å². The van der Waals surface area contributed by atoms with Gasteiger partial charge < -0.3 is 14.5 Å². The van der Waals surface area contributed by atoms with Crippen LogP contribution in [0, 0.1) is 0 Å². The van der Waals surface area contributed by atoms with Gasteiger partial charge in [0.1, 0.15) is 0 Å². The zero-order chi connectivity index (χ0) is 11.4. The van der Waals surface area contributed by atoms with Gasteiger partial charge in [-0.2, -0.15) is 4.98 Å². The van der Waals surface area contributed by atoms with E-state index in [-0.39, 0.29) is 6.61 Å². The molecule has 90 valence electrons. The monoisotopic (exact) mass is 225 g/mol. The third-order valence-electron chi connectivity index (χ3n) is 3.16. The average molecular weight is 225 g/mol. The Hall–Kier alpha value is -0.940. The number of aliphatic hydroxyl groups excluding tert-OH is 1. The Bertz CT molecular complexity index is 327. The van der Waals surface area contributed by atoms with Gasteiger partial charge in [-0.25, -0.2) is 0 Å². The molecule has 5 nitrogen and oxygen atoms in total. The Labute approximate surface area is 95.4 Å². The normalized spacial score (nSPS) is 21.8. The first-order chi connectivity index (χ1) is 7.83. The first kappa shape index (κ1) is 11.5. The highest BCUT2D eigenvalue weighted by molar-refractivity contribution is 4.93. The van der Waals surface area contributed by atoms with Crippen LogP contribution in [0.15, 0.2) is 4.52 Å². The minimum Gasteiger partial charge on any atom is -0.396 e. The van der Waals surface area contributed by atoms with Crippen molar-refractivity contribution in [1.29, 1.82) is 0 Å². The summed E-state index contributed by atoms with van der Waals surface area (Å²) in [7, 11) is 0. The molecule has 1 aliphatic heterocycles. The van der Waals surface area contributed by atoms with E-state index in [0.717, 1.165) is 18.8 Å². The lowest BCUT2D eigenvalue weighted by molar-refractivity contribution is 0.259. The predicted octanol–water partition coefficient (Wildman–Crippen LogP) is 0.631. The van der Waals surface area contributed by atoms with Gasteiger partial charge >= 0.3 is 0 Å². The second-order valence-electron chi connectivity index (χ2n) is 4.21. The highest BCUT2D eigenvalue weighted by atomic mass is 16.5. The molecule has 2 rings (SSSR count). The van der Waals surface area contributed by atoms with Crippen molar-refractivity contribution in [1.82, 2.24) is 15.0 Å². The predicted molar refractivity (Wildman–Crippen MR) is 59.1 cm³/mol. The van der Waals surface area contributed by atoms with Gasteiger partial charge in [0.15, 0.2) is 5.82 Å². The smallest absolute Gasteiger partial charge is 0.228 e. The summed E-state index contributed by atoms with van der Waals surface area (Å²) in [5.41, 5.74) is 0. The summed E-state index contributed by atoms with van der Waals surface area (Å²) in [5.74, 6) is 1.31. The molecule has 1 unspecified atom stereocenters. The van der Waals surface area contributed by atoms with Gasteiger partial charge in [-0.05, 0) is 25.9 Å². The fraction of sp³-hybridized carbons (Fsp3) is 0.818. The van der Waals surface area contributed by atoms with E-state index in [1.165, 1.54) is 19.4 Å². The Balaban J connectivity index is 1.92. The van der Waals surface area contributed by atoms with Crippen molar-refractivity contribution in [3.05, 3.63) is 11.7 Å². The van der Waals surface area contributed by atoms with Crippen LogP contribution < -0.4 is 0 Å². The standard InChI is InChI=1S/C11H19N3O2/c1-2-14-6-3-4-9(14)8-10-12-11(5-7-15)16-13-10/h9,15H,2-8H2,1H3. The van der Waals surface area contributed by atoms with Crippen molar-refractivity contribution in [2.45, 2.75) is 38.6 Å². The Morgan fingerprint density at radius 3 is 3.19 bits per heavy atom. The van der Waals surface area contributed by atoms with Crippen LogP contribution in [-0.4, -0.2) is 45.9 Å². The van der Waals surface area contributed by atoms with Crippen LogP contribution in [0.1, 0.15) is 31.5 Å². The molecular formula is C11H19N3O2. The number of aliphatic hydroxyl groups is 1. The minimum atomic E-state index is 0.0617. The van der Waals surface area contributed by atoms with Crippen LogP contribution in [0.4, 0.5) is 0 Å². The first-order valence-electron chi connectivity index (χ1n) is 6.00. The maximum atomic E-state index is 8.76. The summed E-state index contributed by atoms with van der Waals surface area (Å²) in [5, 5.41) is 12.7. The van der Waals surface area contributed by atoms with Crippen LogP contribution in [0.3, 0.4) is 0 Å². The van der Waals surface area contributed by atoms with Crippen molar-refractivity contribution in [3.8, 4) is 0 Å². The van der Waals surface area contributed by atoms with Crippen LogP contribution in [0.2, 0.25) is 0 Å². The first-order valence-corrected chi connectivity index (χ1v) is 6.00. The van der Waals surface area contributed by atoms with Crippen molar-refractivity contribution in [2.75, 3.05) is 19.7 Å². The Morgan fingerprint density at radius 2 is 2.44 bits per heavy atom. The van der Waals surface area contributed by atoms with Crippen LogP contribution in [0.5, 0.6) is 0 Å². The highest BCUT2D eigenvalue weighted by Crippen LogP contribution is 2.19. The van der Waals surface area contributed by atoms with Gasteiger partial charge in [0.25, 0.3) is 0 Å². The summed E-state index contributed by atoms with van der Waals surface area (Å²) in [6, 6.07) is 0.560. The second kappa shape index (κ2) is 5.41. The molecule has 1 aromatic heterocycles. The SMILES string of the molecule is CCN1CCCC1Cc1noc(CCO)n1. The van der Waals surface area contributed by atoms with Crippen molar-refractivity contribution in [2.24, 2.45) is 0 Å². The van der Waals surface area contributed by atoms with E-state index in [0.29, 0.717) is 18.4 Å². The van der Waals surface area contributed by atoms with E-state index in [1.807, 2.05) is 0 Å². The second-order valence-corrected chi connectivity index (χ2v) is 4.21. The number of nitrogens with zero attached hydrogens (tertiary/aromatic N) is 3. The van der Waals surface area contributed by atoms with Crippen molar-refractivity contribution >= 4 is 0 Å². The van der Waals surface area contributed by atoms with Gasteiger partial charge in [0.05, 0.1) is 13.0 Å². The number of hydrogen-bond donors (Lipinski definition) is 1. The Kier molecular flexibility index (Phi) is 3.90. The third-order valence-corrected chi connectivity index (χ3v) is 3.16. The number of hydrogen-bond acceptors (Lipinski definition) is 5. The number of likely N-dealkylation sites (tertiary alicyclic amines) is 1. The molecular weight excluding hydrogens is 206 g/mol. The van der Waals surface area contributed by atoms with Gasteiger partial charge in [0, 0.05) is 12.5 Å². The third kappa shape index (κ3) is 2.59. The van der Waals surface area contributed by atoms with E-state index >= 15 is 0 Å². The zero-order valence-electron chi connectivity index (χ0n) is 9.72. The summed E-state index contributed by atoms with van der Waals surface area (Å²) < 4.78 is 5.04. The minimum absolute atomic E-state index is 0.0617. The summed E-state index contributed by atoms with van der Waals surface area (Å²) in [6.45, 7) is 4.52. The molecule has 16 heavy (non-hydrogen) atoms. The molecule has 0 spiro atoms. The van der Waals surface area contributed by atoms with Gasteiger partial charge in [0.2, 0.25) is 5.89 Å². The number of rotatable bonds is 5. The molecule has 0 saturated carbocycles. The highest BCUT2D eigenvalue weighted by Gasteiger charge is 2.24. The largest absolute Gasteiger partial charge is 0.396 e. The number of aromatic nitrogens is 2. The van der Waals surface area contributed by atoms with E-state index < -0.39 is 0 Å². The topological polar surface area (TPSA) is 62.4 Å². The number of likely N-dealkylation sites (N-methyl/N-ethyl adjacent to an activating group) is 1. The molecule has 1 saturated heterocycles. The quantitative estimate of drug-likeness (QED) is 0.796. The van der Waals surface area contributed by atoms with Gasteiger partial charge in [-0.15, -0.1) is 0 Å². The molecule has 0 radical (unpaired) electrons. The lowest BCUT2D eigenvalue weighted by atomic mass is 10.1. The van der Waals surface area contributed by atoms with Gasteiger partial charge in [-0.1, -0.05) is 12.1 Å². The van der Waals surface area contributed by atoms with E-state index in [9.17, 15) is 0 Å². The fourth-order valence-corrected chi connectivity index (χ4v) is 2.32. The lowest BCUT2D eigenvalue weighted by Gasteiger charge is -2.20. The Morgan fingerprint density at radius 1 is 1.56 bits per heavy atom. The molecule has 2 heterocycles. The molecule has 1 fully saturated rings. The summed E-state index contributed by atoms with van der Waals surface area (Å²) in [4.78, 5) is 6.73. The summed E-state index contributed by atoms with van der Waals surface area (Å²) in [6.07, 6.45) is 3.80. The van der Waals surface area contributed by atoms with Gasteiger partial charge in [-0.3, -0.25) is 0 Å². The average Bonchev–Trinajstić information content (AvgIpc) is 2.89. The van der Waals surface area contributed by atoms with Crippen LogP contribution in [0.25, 0.3) is 0 Å². The molecule has 1 atom stereocenters. The fourth-order valence-electron chi connectivity index (χ4n) is 2.32. The molecule has 0 aromatic carbocycles. The molecule has 0 bridgehead atoms. The molecule has 0 amide bonds. The van der Waals surface area contributed by atoms with Crippen LogP contribution in [-0.2, 0) is 12.8 Å².